The van der Waals surface area contributed by atoms with Gasteiger partial charge in [-0.05, 0) is 67.3 Å². The van der Waals surface area contributed by atoms with Crippen LogP contribution in [-0.2, 0) is 0 Å². The molecule has 88 valence electrons. The smallest absolute Gasteiger partial charge is 0.123 e. The summed E-state index contributed by atoms with van der Waals surface area (Å²) in [5.74, 6) is 1.09. The number of hydrogen-bond acceptors (Lipinski definition) is 0. The molecule has 0 radical (unpaired) electrons. The Morgan fingerprint density at radius 2 is 1.75 bits per heavy atom. The zero-order chi connectivity index (χ0) is 11.9. The van der Waals surface area contributed by atoms with Gasteiger partial charge in [-0.3, -0.25) is 0 Å². The quantitative estimate of drug-likeness (QED) is 0.668. The van der Waals surface area contributed by atoms with Gasteiger partial charge in [-0.2, -0.15) is 0 Å². The van der Waals surface area contributed by atoms with Gasteiger partial charge in [0.15, 0.2) is 0 Å². The predicted octanol–water partition coefficient (Wildman–Crippen LogP) is 4.77. The summed E-state index contributed by atoms with van der Waals surface area (Å²) in [5.41, 5.74) is 3.08. The molecule has 1 aromatic rings. The average Bonchev–Trinajstić information content (AvgIpc) is 2.97. The van der Waals surface area contributed by atoms with Gasteiger partial charge >= 0.3 is 0 Å². The van der Waals surface area contributed by atoms with Crippen LogP contribution in [0.4, 0.5) is 4.39 Å². The molecule has 1 aromatic carbocycles. The maximum Gasteiger partial charge on any atom is 0.123 e. The lowest BCUT2D eigenvalue weighted by Gasteiger charge is -2.22. The molecule has 0 saturated heterocycles. The van der Waals surface area contributed by atoms with E-state index in [2.05, 4.69) is 6.92 Å². The molecule has 1 aliphatic rings. The van der Waals surface area contributed by atoms with Crippen molar-refractivity contribution in [2.24, 2.45) is 11.8 Å². The molecular weight excluding hydrogens is 223 g/mol. The van der Waals surface area contributed by atoms with Gasteiger partial charge in [-0.15, -0.1) is 11.6 Å². The molecule has 1 aliphatic carbocycles. The number of benzene rings is 1. The van der Waals surface area contributed by atoms with Gasteiger partial charge in [0.25, 0.3) is 0 Å². The van der Waals surface area contributed by atoms with Gasteiger partial charge in [0.1, 0.15) is 5.82 Å². The number of aryl methyl sites for hydroxylation is 2. The zero-order valence-electron chi connectivity index (χ0n) is 10.1. The second-order valence-electron chi connectivity index (χ2n) is 5.05. The van der Waals surface area contributed by atoms with E-state index in [0.717, 1.165) is 22.6 Å². The zero-order valence-corrected chi connectivity index (χ0v) is 10.8. The van der Waals surface area contributed by atoms with Crippen molar-refractivity contribution in [1.82, 2.24) is 0 Å². The van der Waals surface area contributed by atoms with E-state index in [0.29, 0.717) is 5.92 Å². The van der Waals surface area contributed by atoms with Crippen molar-refractivity contribution >= 4 is 11.6 Å². The topological polar surface area (TPSA) is 0 Å². The van der Waals surface area contributed by atoms with Crippen LogP contribution in [0.15, 0.2) is 12.1 Å². The minimum absolute atomic E-state index is 0.0214. The summed E-state index contributed by atoms with van der Waals surface area (Å²) in [4.78, 5) is 0. The first-order valence-corrected chi connectivity index (χ1v) is 6.35. The summed E-state index contributed by atoms with van der Waals surface area (Å²) in [6.07, 6.45) is 2.59. The van der Waals surface area contributed by atoms with Crippen molar-refractivity contribution in [1.29, 1.82) is 0 Å². The molecule has 0 nitrogen and oxygen atoms in total. The first-order valence-electron chi connectivity index (χ1n) is 5.91. The minimum Gasteiger partial charge on any atom is -0.207 e. The molecule has 0 N–H and O–H groups in total. The number of halogens is 2. The van der Waals surface area contributed by atoms with Gasteiger partial charge in [-0.1, -0.05) is 6.92 Å². The highest BCUT2D eigenvalue weighted by molar-refractivity contribution is 6.21. The standard InChI is InChI=1S/C14H18ClF/c1-8-6-12(16)7-9(2)13(8)14(15)10(3)11-4-5-11/h6-7,10-11,14H,4-5H2,1-3H3. The minimum atomic E-state index is -0.165. The van der Waals surface area contributed by atoms with E-state index in [1.165, 1.54) is 12.8 Å². The molecule has 0 amide bonds. The van der Waals surface area contributed by atoms with Gasteiger partial charge in [0.05, 0.1) is 5.38 Å². The van der Waals surface area contributed by atoms with Crippen molar-refractivity contribution in [3.8, 4) is 0 Å². The Balaban J connectivity index is 2.31. The first-order chi connectivity index (χ1) is 7.50. The molecule has 0 heterocycles. The van der Waals surface area contributed by atoms with Gasteiger partial charge in [0, 0.05) is 0 Å². The van der Waals surface area contributed by atoms with Crippen molar-refractivity contribution in [2.45, 2.75) is 39.0 Å². The van der Waals surface area contributed by atoms with Crippen LogP contribution in [0.2, 0.25) is 0 Å². The molecule has 0 aromatic heterocycles. The highest BCUT2D eigenvalue weighted by Crippen LogP contribution is 2.46. The molecule has 0 spiro atoms. The lowest BCUT2D eigenvalue weighted by atomic mass is 9.90. The highest BCUT2D eigenvalue weighted by Gasteiger charge is 2.34. The molecule has 2 heteroatoms. The Morgan fingerprint density at radius 3 is 2.19 bits per heavy atom. The summed E-state index contributed by atoms with van der Waals surface area (Å²) in [5, 5.41) is 0.0214. The molecule has 2 rings (SSSR count). The van der Waals surface area contributed by atoms with Gasteiger partial charge in [0.2, 0.25) is 0 Å². The maximum atomic E-state index is 13.2. The van der Waals surface area contributed by atoms with E-state index in [-0.39, 0.29) is 11.2 Å². The Kier molecular flexibility index (Phi) is 3.25. The molecule has 16 heavy (non-hydrogen) atoms. The summed E-state index contributed by atoms with van der Waals surface area (Å²) in [7, 11) is 0. The van der Waals surface area contributed by atoms with Crippen LogP contribution in [0.25, 0.3) is 0 Å². The Hall–Kier alpha value is -0.560. The molecule has 2 atom stereocenters. The molecular formula is C14H18ClF. The number of hydrogen-bond donors (Lipinski definition) is 0. The third kappa shape index (κ3) is 2.24. The van der Waals surface area contributed by atoms with Crippen molar-refractivity contribution in [3.63, 3.8) is 0 Å². The lowest BCUT2D eigenvalue weighted by Crippen LogP contribution is -2.09. The third-order valence-corrected chi connectivity index (χ3v) is 4.28. The van der Waals surface area contributed by atoms with Crippen LogP contribution in [0.1, 0.15) is 41.8 Å². The number of alkyl halides is 1. The van der Waals surface area contributed by atoms with E-state index < -0.39 is 0 Å². The Labute approximate surface area is 102 Å². The molecule has 2 unspecified atom stereocenters. The van der Waals surface area contributed by atoms with E-state index in [9.17, 15) is 4.39 Å². The fourth-order valence-corrected chi connectivity index (χ4v) is 3.03. The summed E-state index contributed by atoms with van der Waals surface area (Å²) >= 11 is 6.53. The van der Waals surface area contributed by atoms with Crippen molar-refractivity contribution < 1.29 is 4.39 Å². The van der Waals surface area contributed by atoms with Crippen molar-refractivity contribution in [3.05, 3.63) is 34.6 Å². The molecule has 0 bridgehead atoms. The molecule has 0 aliphatic heterocycles. The van der Waals surface area contributed by atoms with Crippen LogP contribution >= 0.6 is 11.6 Å². The summed E-state index contributed by atoms with van der Waals surface area (Å²) in [6.45, 7) is 6.10. The fourth-order valence-electron chi connectivity index (χ4n) is 2.48. The second kappa shape index (κ2) is 4.37. The second-order valence-corrected chi connectivity index (χ2v) is 5.52. The Bertz CT molecular complexity index is 373. The van der Waals surface area contributed by atoms with E-state index in [1.807, 2.05) is 13.8 Å². The van der Waals surface area contributed by atoms with Crippen LogP contribution in [0, 0.1) is 31.5 Å². The first kappa shape index (κ1) is 11.9. The van der Waals surface area contributed by atoms with Crippen LogP contribution in [-0.4, -0.2) is 0 Å². The van der Waals surface area contributed by atoms with Crippen molar-refractivity contribution in [2.75, 3.05) is 0 Å². The van der Waals surface area contributed by atoms with Crippen LogP contribution in [0.5, 0.6) is 0 Å². The lowest BCUT2D eigenvalue weighted by molar-refractivity contribution is 0.488. The molecule has 1 fully saturated rings. The predicted molar refractivity (Wildman–Crippen MR) is 66.4 cm³/mol. The van der Waals surface area contributed by atoms with E-state index >= 15 is 0 Å². The SMILES string of the molecule is Cc1cc(F)cc(C)c1C(Cl)C(C)C1CC1. The third-order valence-electron chi connectivity index (χ3n) is 3.66. The van der Waals surface area contributed by atoms with Gasteiger partial charge in [-0.25, -0.2) is 4.39 Å². The van der Waals surface area contributed by atoms with Crippen LogP contribution in [0.3, 0.4) is 0 Å². The fraction of sp³-hybridized carbons (Fsp3) is 0.571. The monoisotopic (exact) mass is 240 g/mol. The van der Waals surface area contributed by atoms with Gasteiger partial charge < -0.3 is 0 Å². The Morgan fingerprint density at radius 1 is 1.25 bits per heavy atom. The summed E-state index contributed by atoms with van der Waals surface area (Å²) in [6, 6.07) is 3.16. The molecule has 1 saturated carbocycles. The average molecular weight is 241 g/mol. The van der Waals surface area contributed by atoms with E-state index in [1.54, 1.807) is 12.1 Å². The highest BCUT2D eigenvalue weighted by atomic mass is 35.5. The van der Waals surface area contributed by atoms with Crippen LogP contribution < -0.4 is 0 Å². The maximum absolute atomic E-state index is 13.2. The van der Waals surface area contributed by atoms with E-state index in [4.69, 9.17) is 11.6 Å². The largest absolute Gasteiger partial charge is 0.207 e. The summed E-state index contributed by atoms with van der Waals surface area (Å²) < 4.78 is 13.2. The number of rotatable bonds is 3. The normalized spacial score (nSPS) is 19.6.